The number of carbonyl (C=O) groups excluding carboxylic acids is 1. The third kappa shape index (κ3) is 5.98. The van der Waals surface area contributed by atoms with Crippen molar-refractivity contribution in [2.45, 2.75) is 41.9 Å². The normalized spacial score (nSPS) is 16.1. The summed E-state index contributed by atoms with van der Waals surface area (Å²) in [5.41, 5.74) is 5.27. The number of thiophene rings is 1. The average Bonchev–Trinajstić information content (AvgIpc) is 3.18. The van der Waals surface area contributed by atoms with Crippen LogP contribution in [0.1, 0.15) is 33.8 Å². The molecule has 2 aromatic rings. The summed E-state index contributed by atoms with van der Waals surface area (Å²) >= 11 is 2.68. The number of hydrogen-bond donors (Lipinski definition) is 6. The van der Waals surface area contributed by atoms with E-state index in [9.17, 15) is 24.3 Å². The van der Waals surface area contributed by atoms with Crippen LogP contribution in [0.25, 0.3) is 0 Å². The zero-order valence-corrected chi connectivity index (χ0v) is 17.8. The number of nitrogens with zero attached hydrogens (tertiary/aromatic N) is 1. The van der Waals surface area contributed by atoms with Crippen molar-refractivity contribution in [1.29, 1.82) is 0 Å². The Hall–Kier alpha value is -3.06. The van der Waals surface area contributed by atoms with E-state index in [-0.39, 0.29) is 29.6 Å². The first-order chi connectivity index (χ1) is 14.7. The van der Waals surface area contributed by atoms with E-state index in [1.807, 2.05) is 0 Å². The van der Waals surface area contributed by atoms with Gasteiger partial charge in [-0.15, -0.1) is 23.1 Å². The van der Waals surface area contributed by atoms with Gasteiger partial charge in [-0.2, -0.15) is 4.98 Å². The van der Waals surface area contributed by atoms with Gasteiger partial charge in [-0.3, -0.25) is 19.4 Å². The van der Waals surface area contributed by atoms with Gasteiger partial charge in [0.2, 0.25) is 5.95 Å². The summed E-state index contributed by atoms with van der Waals surface area (Å²) in [4.78, 5) is 54.6. The number of carboxylic acid groups (broad SMARTS) is 2. The molecule has 0 aromatic carbocycles. The maximum Gasteiger partial charge on any atom is 0.326 e. The number of rotatable bonds is 9. The third-order valence-electron chi connectivity index (χ3n) is 4.53. The van der Waals surface area contributed by atoms with Gasteiger partial charge < -0.3 is 26.6 Å². The highest BCUT2D eigenvalue weighted by atomic mass is 32.2. The van der Waals surface area contributed by atoms with Gasteiger partial charge in [0.25, 0.3) is 11.5 Å². The Labute approximate surface area is 184 Å². The molecule has 0 radical (unpaired) electrons. The molecule has 166 valence electrons. The predicted octanol–water partition coefficient (Wildman–Crippen LogP) is 0.980. The largest absolute Gasteiger partial charge is 0.481 e. The summed E-state index contributed by atoms with van der Waals surface area (Å²) in [6, 6.07) is 2.15. The van der Waals surface area contributed by atoms with Crippen molar-refractivity contribution in [1.82, 2.24) is 15.3 Å². The van der Waals surface area contributed by atoms with Crippen LogP contribution in [0.15, 0.2) is 21.8 Å². The number of carboxylic acids is 2. The molecule has 3 heterocycles. The van der Waals surface area contributed by atoms with Crippen LogP contribution in [0, 0.1) is 0 Å². The van der Waals surface area contributed by atoms with Gasteiger partial charge in [-0.05, 0) is 31.4 Å². The van der Waals surface area contributed by atoms with Gasteiger partial charge >= 0.3 is 11.9 Å². The number of H-pyrrole nitrogens is 1. The molecule has 13 heteroatoms. The first kappa shape index (κ1) is 22.6. The topological polar surface area (TPSA) is 187 Å². The molecule has 0 spiro atoms. The second-order valence-electron chi connectivity index (χ2n) is 6.85. The minimum atomic E-state index is -1.28. The van der Waals surface area contributed by atoms with E-state index in [1.165, 1.54) is 23.1 Å². The van der Waals surface area contributed by atoms with Crippen LogP contribution in [-0.4, -0.2) is 55.9 Å². The monoisotopic (exact) mass is 467 g/mol. The Morgan fingerprint density at radius 3 is 2.81 bits per heavy atom. The van der Waals surface area contributed by atoms with E-state index in [4.69, 9.17) is 10.8 Å². The number of amides is 1. The summed E-state index contributed by atoms with van der Waals surface area (Å²) in [6.45, 7) is 0.621. The highest BCUT2D eigenvalue weighted by Gasteiger charge is 2.24. The summed E-state index contributed by atoms with van der Waals surface area (Å²) in [7, 11) is 0. The lowest BCUT2D eigenvalue weighted by atomic mass is 10.1. The number of aliphatic carboxylic acids is 2. The maximum atomic E-state index is 12.3. The molecular weight excluding hydrogens is 446 g/mol. The maximum absolute atomic E-state index is 12.3. The highest BCUT2D eigenvalue weighted by molar-refractivity contribution is 8.00. The fourth-order valence-electron chi connectivity index (χ4n) is 2.98. The molecule has 7 N–H and O–H groups in total. The molecular formula is C18H21N5O6S2. The van der Waals surface area contributed by atoms with E-state index in [0.29, 0.717) is 28.6 Å². The number of carbonyl (C=O) groups is 3. The molecule has 11 nitrogen and oxygen atoms in total. The van der Waals surface area contributed by atoms with E-state index in [1.54, 1.807) is 12.1 Å². The molecule has 2 aromatic heterocycles. The highest BCUT2D eigenvalue weighted by Crippen LogP contribution is 2.33. The van der Waals surface area contributed by atoms with Crippen LogP contribution >= 0.6 is 23.1 Å². The number of aromatic nitrogens is 2. The minimum Gasteiger partial charge on any atom is -0.481 e. The van der Waals surface area contributed by atoms with Gasteiger partial charge in [0.15, 0.2) is 0 Å². The molecule has 1 unspecified atom stereocenters. The fraction of sp³-hybridized carbons (Fsp3) is 0.389. The second kappa shape index (κ2) is 9.83. The van der Waals surface area contributed by atoms with Crippen LogP contribution in [0.3, 0.4) is 0 Å². The molecule has 0 fully saturated rings. The van der Waals surface area contributed by atoms with Gasteiger partial charge in [0.05, 0.1) is 4.88 Å². The number of nitrogen functional groups attached to an aromatic ring is 1. The van der Waals surface area contributed by atoms with Gasteiger partial charge in [-0.1, -0.05) is 0 Å². The van der Waals surface area contributed by atoms with E-state index >= 15 is 0 Å². The number of nitrogens with two attached hydrogens (primary N) is 1. The Kier molecular flexibility index (Phi) is 7.17. The van der Waals surface area contributed by atoms with Crippen molar-refractivity contribution in [3.63, 3.8) is 0 Å². The molecule has 3 rings (SSSR count). The second-order valence-corrected chi connectivity index (χ2v) is 9.33. The Balaban J connectivity index is 1.55. The number of aryl methyl sites for hydroxylation is 1. The Morgan fingerprint density at radius 2 is 2.10 bits per heavy atom. The van der Waals surface area contributed by atoms with Crippen molar-refractivity contribution in [2.24, 2.45) is 0 Å². The van der Waals surface area contributed by atoms with E-state index in [0.717, 1.165) is 11.3 Å². The number of hydrogen-bond acceptors (Lipinski definition) is 9. The van der Waals surface area contributed by atoms with E-state index in [2.05, 4.69) is 20.6 Å². The van der Waals surface area contributed by atoms with Gasteiger partial charge in [-0.25, -0.2) is 4.79 Å². The van der Waals surface area contributed by atoms with Crippen LogP contribution in [0.4, 0.5) is 11.8 Å². The van der Waals surface area contributed by atoms with Crippen LogP contribution in [0.2, 0.25) is 0 Å². The molecule has 0 bridgehead atoms. The third-order valence-corrected chi connectivity index (χ3v) is 7.02. The fourth-order valence-corrected chi connectivity index (χ4v) is 5.03. The van der Waals surface area contributed by atoms with Crippen molar-refractivity contribution >= 4 is 52.7 Å². The van der Waals surface area contributed by atoms with Crippen LogP contribution in [0.5, 0.6) is 0 Å². The van der Waals surface area contributed by atoms with Gasteiger partial charge in [0, 0.05) is 23.1 Å². The Bertz CT molecular complexity index is 1050. The molecule has 1 aliphatic rings. The van der Waals surface area contributed by atoms with Crippen molar-refractivity contribution in [2.75, 3.05) is 17.6 Å². The zero-order valence-electron chi connectivity index (χ0n) is 16.2. The smallest absolute Gasteiger partial charge is 0.326 e. The minimum absolute atomic E-state index is 0.0628. The average molecular weight is 468 g/mol. The van der Waals surface area contributed by atoms with E-state index < -0.39 is 23.9 Å². The lowest BCUT2D eigenvalue weighted by molar-refractivity contribution is -0.140. The first-order valence-corrected chi connectivity index (χ1v) is 11.1. The van der Waals surface area contributed by atoms with Crippen LogP contribution in [-0.2, 0) is 16.0 Å². The van der Waals surface area contributed by atoms with Gasteiger partial charge in [0.1, 0.15) is 16.8 Å². The summed E-state index contributed by atoms with van der Waals surface area (Å²) in [6.07, 6.45) is 0.878. The van der Waals surface area contributed by atoms with Crippen molar-refractivity contribution in [3.05, 3.63) is 32.2 Å². The number of fused-ring (bicyclic) bond motifs is 1. The van der Waals surface area contributed by atoms with Crippen molar-refractivity contribution in [3.8, 4) is 0 Å². The first-order valence-electron chi connectivity index (χ1n) is 9.37. The number of nitrogens with one attached hydrogen (secondary N) is 3. The lowest BCUT2D eigenvalue weighted by Gasteiger charge is -2.23. The number of aromatic amines is 1. The molecule has 0 saturated heterocycles. The lowest BCUT2D eigenvalue weighted by Crippen LogP contribution is -2.40. The standard InChI is InChI=1S/C18H21N5O6S2/c19-18-22-14-13(16(27)23-18)31-9(7-20-14)2-1-8-3-5-11(30-8)15(26)21-10(17(28)29)4-6-12(24)25/h3,5,9-10H,1-2,4,6-7H2,(H,21,26)(H,24,25)(H,28,29)(H4,19,20,22,23,27)/t9?,10-/m1/s1. The predicted molar refractivity (Wildman–Crippen MR) is 116 cm³/mol. The summed E-state index contributed by atoms with van der Waals surface area (Å²) in [5.74, 6) is -2.41. The molecule has 1 aliphatic heterocycles. The summed E-state index contributed by atoms with van der Waals surface area (Å²) in [5, 5.41) is 23.5. The molecule has 1 amide bonds. The summed E-state index contributed by atoms with van der Waals surface area (Å²) < 4.78 is 0. The molecule has 0 aliphatic carbocycles. The van der Waals surface area contributed by atoms with Crippen LogP contribution < -0.4 is 21.9 Å². The number of anilines is 2. The SMILES string of the molecule is Nc1nc2c(c(=O)[nH]1)SC(CCc1ccc(C(=O)N[C@H](CCC(=O)O)C(=O)O)s1)CN2. The molecule has 0 saturated carbocycles. The number of thioether (sulfide) groups is 1. The Morgan fingerprint density at radius 1 is 1.32 bits per heavy atom. The molecule has 2 atom stereocenters. The molecule has 31 heavy (non-hydrogen) atoms. The van der Waals surface area contributed by atoms with Crippen molar-refractivity contribution < 1.29 is 24.6 Å². The quantitative estimate of drug-likeness (QED) is 0.310. The zero-order chi connectivity index (χ0) is 22.5.